The summed E-state index contributed by atoms with van der Waals surface area (Å²) in [7, 11) is 0. The molecule has 0 saturated heterocycles. The Balaban J connectivity index is 1.69. The van der Waals surface area contributed by atoms with Crippen LogP contribution in [0.15, 0.2) is 49.6 Å². The fourth-order valence-electron chi connectivity index (χ4n) is 3.09. The molecule has 2 heterocycles. The molecule has 0 radical (unpaired) electrons. The topological polar surface area (TPSA) is 144 Å². The van der Waals surface area contributed by atoms with Crippen LogP contribution in [0, 0.1) is 6.92 Å². The van der Waals surface area contributed by atoms with Gasteiger partial charge in [-0.05, 0) is 51.0 Å². The first kappa shape index (κ1) is 25.2. The number of carbonyl (C=O) groups is 3. The number of anilines is 1. The summed E-state index contributed by atoms with van der Waals surface area (Å²) in [5, 5.41) is 16.0. The van der Waals surface area contributed by atoms with Crippen LogP contribution in [0.1, 0.15) is 42.4 Å². The highest BCUT2D eigenvalue weighted by atomic mass is 16.2. The van der Waals surface area contributed by atoms with Crippen LogP contribution >= 0.6 is 0 Å². The minimum absolute atomic E-state index is 0.208. The summed E-state index contributed by atoms with van der Waals surface area (Å²) in [6.45, 7) is 11.3. The standard InChI is InChI=1S/C24H28N8O3/c1-6-20(33)26-12-21(34)29-18-11-25-14-28-22(18)16-7-8-17(15(2)9-16)10-27-23(35)19-13-32(31-30-19)24(3,4)5/h6-9,11,13-14H,1,10,12H2,2-5H3,(H,26,33)(H,27,35)(H,29,34). The molecule has 0 saturated carbocycles. The van der Waals surface area contributed by atoms with E-state index in [0.717, 1.165) is 22.8 Å². The second-order valence-electron chi connectivity index (χ2n) is 8.80. The van der Waals surface area contributed by atoms with E-state index in [1.165, 1.54) is 12.5 Å². The van der Waals surface area contributed by atoms with Crippen molar-refractivity contribution in [2.45, 2.75) is 39.8 Å². The van der Waals surface area contributed by atoms with Gasteiger partial charge in [-0.1, -0.05) is 23.9 Å². The fraction of sp³-hybridized carbons (Fsp3) is 0.292. The van der Waals surface area contributed by atoms with Crippen LogP contribution < -0.4 is 16.0 Å². The van der Waals surface area contributed by atoms with Crippen LogP contribution in [0.3, 0.4) is 0 Å². The molecule has 0 aliphatic carbocycles. The number of benzene rings is 1. The highest BCUT2D eigenvalue weighted by molar-refractivity contribution is 5.98. The molecular formula is C24H28N8O3. The molecule has 0 spiro atoms. The van der Waals surface area contributed by atoms with Crippen LogP contribution in [0.4, 0.5) is 5.69 Å². The average molecular weight is 477 g/mol. The van der Waals surface area contributed by atoms with Gasteiger partial charge in [-0.15, -0.1) is 5.10 Å². The Bertz CT molecular complexity index is 1260. The van der Waals surface area contributed by atoms with Crippen molar-refractivity contribution >= 4 is 23.4 Å². The zero-order valence-corrected chi connectivity index (χ0v) is 20.1. The predicted octanol–water partition coefficient (Wildman–Crippen LogP) is 1.97. The quantitative estimate of drug-likeness (QED) is 0.422. The van der Waals surface area contributed by atoms with E-state index in [1.807, 2.05) is 45.9 Å². The lowest BCUT2D eigenvalue weighted by Crippen LogP contribution is -2.31. The van der Waals surface area contributed by atoms with Crippen LogP contribution in [-0.4, -0.2) is 49.2 Å². The van der Waals surface area contributed by atoms with Gasteiger partial charge in [0, 0.05) is 12.1 Å². The van der Waals surface area contributed by atoms with Crippen molar-refractivity contribution in [1.82, 2.24) is 35.6 Å². The third-order valence-corrected chi connectivity index (χ3v) is 5.06. The lowest BCUT2D eigenvalue weighted by Gasteiger charge is -2.17. The second-order valence-corrected chi connectivity index (χ2v) is 8.80. The zero-order chi connectivity index (χ0) is 25.6. The Kier molecular flexibility index (Phi) is 7.69. The molecule has 0 aliphatic rings. The Morgan fingerprint density at radius 2 is 1.94 bits per heavy atom. The van der Waals surface area contributed by atoms with Gasteiger partial charge in [-0.25, -0.2) is 14.6 Å². The van der Waals surface area contributed by atoms with Crippen LogP contribution in [-0.2, 0) is 21.7 Å². The molecule has 1 aromatic carbocycles. The zero-order valence-electron chi connectivity index (χ0n) is 20.1. The largest absolute Gasteiger partial charge is 0.347 e. The van der Waals surface area contributed by atoms with Crippen molar-refractivity contribution in [3.8, 4) is 11.3 Å². The van der Waals surface area contributed by atoms with Gasteiger partial charge in [-0.2, -0.15) is 0 Å². The summed E-state index contributed by atoms with van der Waals surface area (Å²) in [4.78, 5) is 44.3. The highest BCUT2D eigenvalue weighted by Crippen LogP contribution is 2.26. The Labute approximate surface area is 203 Å². The summed E-state index contributed by atoms with van der Waals surface area (Å²) in [6, 6.07) is 5.64. The van der Waals surface area contributed by atoms with Gasteiger partial charge in [-0.3, -0.25) is 14.4 Å². The fourth-order valence-corrected chi connectivity index (χ4v) is 3.09. The lowest BCUT2D eigenvalue weighted by molar-refractivity contribution is -0.121. The molecule has 3 rings (SSSR count). The van der Waals surface area contributed by atoms with Crippen molar-refractivity contribution in [1.29, 1.82) is 0 Å². The van der Waals surface area contributed by atoms with Crippen molar-refractivity contribution < 1.29 is 14.4 Å². The molecule has 3 amide bonds. The van der Waals surface area contributed by atoms with Gasteiger partial charge >= 0.3 is 0 Å². The molecule has 35 heavy (non-hydrogen) atoms. The third-order valence-electron chi connectivity index (χ3n) is 5.06. The number of nitrogens with zero attached hydrogens (tertiary/aromatic N) is 5. The molecule has 0 unspecified atom stereocenters. The molecule has 182 valence electrons. The monoisotopic (exact) mass is 476 g/mol. The van der Waals surface area contributed by atoms with E-state index >= 15 is 0 Å². The highest BCUT2D eigenvalue weighted by Gasteiger charge is 2.18. The Hall–Kier alpha value is -4.41. The normalized spacial score (nSPS) is 11.0. The summed E-state index contributed by atoms with van der Waals surface area (Å²) in [5.41, 5.74) is 3.52. The molecule has 0 fully saturated rings. The molecule has 11 nitrogen and oxygen atoms in total. The van der Waals surface area contributed by atoms with E-state index < -0.39 is 11.8 Å². The molecule has 3 N–H and O–H groups in total. The first-order valence-electron chi connectivity index (χ1n) is 10.9. The maximum Gasteiger partial charge on any atom is 0.273 e. The Morgan fingerprint density at radius 3 is 2.60 bits per heavy atom. The van der Waals surface area contributed by atoms with E-state index in [1.54, 1.807) is 10.9 Å². The first-order chi connectivity index (χ1) is 16.6. The van der Waals surface area contributed by atoms with Gasteiger partial charge in [0.25, 0.3) is 5.91 Å². The van der Waals surface area contributed by atoms with Crippen LogP contribution in [0.5, 0.6) is 0 Å². The van der Waals surface area contributed by atoms with Gasteiger partial charge in [0.15, 0.2) is 5.69 Å². The van der Waals surface area contributed by atoms with Gasteiger partial charge < -0.3 is 16.0 Å². The summed E-state index contributed by atoms with van der Waals surface area (Å²) >= 11 is 0. The number of rotatable bonds is 8. The van der Waals surface area contributed by atoms with Gasteiger partial charge in [0.2, 0.25) is 11.8 Å². The second kappa shape index (κ2) is 10.7. The van der Waals surface area contributed by atoms with Gasteiger partial charge in [0.05, 0.1) is 35.9 Å². The maximum absolute atomic E-state index is 12.5. The minimum atomic E-state index is -0.443. The summed E-state index contributed by atoms with van der Waals surface area (Å²) in [6.07, 6.45) is 5.59. The lowest BCUT2D eigenvalue weighted by atomic mass is 10.0. The van der Waals surface area contributed by atoms with Crippen molar-refractivity contribution in [2.24, 2.45) is 0 Å². The molecule has 0 aliphatic heterocycles. The third kappa shape index (κ3) is 6.56. The smallest absolute Gasteiger partial charge is 0.273 e. The van der Waals surface area contributed by atoms with Crippen LogP contribution in [0.25, 0.3) is 11.3 Å². The number of hydrogen-bond donors (Lipinski definition) is 3. The molecular weight excluding hydrogens is 448 g/mol. The van der Waals surface area contributed by atoms with E-state index in [-0.39, 0.29) is 23.7 Å². The number of amides is 3. The number of carbonyl (C=O) groups excluding carboxylic acids is 3. The van der Waals surface area contributed by atoms with Crippen LogP contribution in [0.2, 0.25) is 0 Å². The van der Waals surface area contributed by atoms with Gasteiger partial charge in [0.1, 0.15) is 6.33 Å². The molecule has 3 aromatic rings. The molecule has 11 heteroatoms. The maximum atomic E-state index is 12.5. The van der Waals surface area contributed by atoms with Crippen molar-refractivity contribution in [3.05, 3.63) is 66.4 Å². The van der Waals surface area contributed by atoms with E-state index in [2.05, 4.69) is 42.8 Å². The Morgan fingerprint density at radius 1 is 1.17 bits per heavy atom. The number of aryl methyl sites for hydroxylation is 1. The average Bonchev–Trinajstić information content (AvgIpc) is 3.33. The number of nitrogens with one attached hydrogen (secondary N) is 3. The minimum Gasteiger partial charge on any atom is -0.347 e. The van der Waals surface area contributed by atoms with E-state index in [4.69, 9.17) is 0 Å². The molecule has 0 bridgehead atoms. The number of aromatic nitrogens is 5. The van der Waals surface area contributed by atoms with Crippen molar-refractivity contribution in [3.63, 3.8) is 0 Å². The molecule has 2 aromatic heterocycles. The molecule has 0 atom stereocenters. The summed E-state index contributed by atoms with van der Waals surface area (Å²) in [5.74, 6) is -1.18. The van der Waals surface area contributed by atoms with E-state index in [9.17, 15) is 14.4 Å². The predicted molar refractivity (Wildman–Crippen MR) is 130 cm³/mol. The first-order valence-corrected chi connectivity index (χ1v) is 10.9. The number of hydrogen-bond acceptors (Lipinski definition) is 7. The summed E-state index contributed by atoms with van der Waals surface area (Å²) < 4.78 is 1.65. The SMILES string of the molecule is C=CC(=O)NCC(=O)Nc1cncnc1-c1ccc(CNC(=O)c2cn(C(C)(C)C)nn2)c(C)c1. The van der Waals surface area contributed by atoms with Crippen molar-refractivity contribution in [2.75, 3.05) is 11.9 Å². The van der Waals surface area contributed by atoms with E-state index in [0.29, 0.717) is 17.9 Å².